The van der Waals surface area contributed by atoms with E-state index in [1.807, 2.05) is 0 Å². The zero-order chi connectivity index (χ0) is 11.4. The van der Waals surface area contributed by atoms with Gasteiger partial charge in [-0.1, -0.05) is 6.92 Å². The third kappa shape index (κ3) is 3.02. The minimum absolute atomic E-state index is 0.146. The molecule has 1 atom stereocenters. The molecule has 3 N–H and O–H groups in total. The number of amides is 1. The van der Waals surface area contributed by atoms with E-state index in [-0.39, 0.29) is 17.6 Å². The number of nitrogens with one attached hydrogen (secondary N) is 1. The fraction of sp³-hybridized carbons (Fsp3) is 0.364. The van der Waals surface area contributed by atoms with Gasteiger partial charge in [-0.25, -0.2) is 4.39 Å². The second-order valence-corrected chi connectivity index (χ2v) is 3.59. The second-order valence-electron chi connectivity index (χ2n) is 3.59. The van der Waals surface area contributed by atoms with Gasteiger partial charge in [0.25, 0.3) is 0 Å². The zero-order valence-corrected chi connectivity index (χ0v) is 8.88. The minimum Gasteiger partial charge on any atom is -0.330 e. The van der Waals surface area contributed by atoms with Crippen molar-refractivity contribution in [1.29, 1.82) is 0 Å². The lowest BCUT2D eigenvalue weighted by Crippen LogP contribution is -2.26. The molecule has 1 aromatic rings. The van der Waals surface area contributed by atoms with E-state index >= 15 is 0 Å². The molecular formula is C11H15FN2O. The van der Waals surface area contributed by atoms with Crippen LogP contribution in [0.4, 0.5) is 10.1 Å². The van der Waals surface area contributed by atoms with E-state index in [1.54, 1.807) is 19.9 Å². The van der Waals surface area contributed by atoms with E-state index in [2.05, 4.69) is 5.32 Å². The molecule has 0 radical (unpaired) electrons. The Bertz CT molecular complexity index is 366. The Morgan fingerprint density at radius 1 is 1.60 bits per heavy atom. The number of halogens is 1. The van der Waals surface area contributed by atoms with Crippen LogP contribution in [-0.2, 0) is 4.79 Å². The molecule has 0 aliphatic rings. The van der Waals surface area contributed by atoms with E-state index in [9.17, 15) is 9.18 Å². The number of benzene rings is 1. The molecule has 1 aromatic carbocycles. The van der Waals surface area contributed by atoms with Crippen LogP contribution in [0.3, 0.4) is 0 Å². The lowest BCUT2D eigenvalue weighted by atomic mass is 10.1. The van der Waals surface area contributed by atoms with Crippen molar-refractivity contribution in [1.82, 2.24) is 0 Å². The van der Waals surface area contributed by atoms with E-state index in [0.717, 1.165) is 0 Å². The number of rotatable bonds is 3. The normalized spacial score (nSPS) is 12.3. The Morgan fingerprint density at radius 3 is 2.80 bits per heavy atom. The molecule has 0 heterocycles. The SMILES string of the molecule is Cc1cc(F)ccc1NC(=O)C(C)CN. The largest absolute Gasteiger partial charge is 0.330 e. The Hall–Kier alpha value is -1.42. The van der Waals surface area contributed by atoms with Gasteiger partial charge in [0.2, 0.25) is 5.91 Å². The van der Waals surface area contributed by atoms with Gasteiger partial charge in [0, 0.05) is 18.2 Å². The van der Waals surface area contributed by atoms with E-state index in [0.29, 0.717) is 17.8 Å². The molecule has 3 nitrogen and oxygen atoms in total. The number of carbonyl (C=O) groups excluding carboxylic acids is 1. The first-order chi connectivity index (χ1) is 7.04. The highest BCUT2D eigenvalue weighted by molar-refractivity contribution is 5.93. The van der Waals surface area contributed by atoms with Crippen LogP contribution in [0.2, 0.25) is 0 Å². The maximum absolute atomic E-state index is 12.8. The summed E-state index contributed by atoms with van der Waals surface area (Å²) in [5.41, 5.74) is 6.70. The van der Waals surface area contributed by atoms with Gasteiger partial charge in [-0.15, -0.1) is 0 Å². The first-order valence-corrected chi connectivity index (χ1v) is 4.81. The van der Waals surface area contributed by atoms with Gasteiger partial charge in [0.15, 0.2) is 0 Å². The van der Waals surface area contributed by atoms with Crippen molar-refractivity contribution in [3.8, 4) is 0 Å². The number of aryl methyl sites for hydroxylation is 1. The average molecular weight is 210 g/mol. The van der Waals surface area contributed by atoms with Gasteiger partial charge in [0.05, 0.1) is 0 Å². The Labute approximate surface area is 88.5 Å². The fourth-order valence-electron chi connectivity index (χ4n) is 1.13. The van der Waals surface area contributed by atoms with Gasteiger partial charge in [-0.3, -0.25) is 4.79 Å². The predicted octanol–water partition coefficient (Wildman–Crippen LogP) is 1.67. The fourth-order valence-corrected chi connectivity index (χ4v) is 1.13. The summed E-state index contributed by atoms with van der Waals surface area (Å²) in [6.07, 6.45) is 0. The van der Waals surface area contributed by atoms with Gasteiger partial charge < -0.3 is 11.1 Å². The first kappa shape index (κ1) is 11.7. The van der Waals surface area contributed by atoms with Gasteiger partial charge in [-0.2, -0.15) is 0 Å². The van der Waals surface area contributed by atoms with Crippen LogP contribution >= 0.6 is 0 Å². The summed E-state index contributed by atoms with van der Waals surface area (Å²) in [5.74, 6) is -0.695. The number of anilines is 1. The van der Waals surface area contributed by atoms with Crippen molar-refractivity contribution in [2.45, 2.75) is 13.8 Å². The Kier molecular flexibility index (Phi) is 3.80. The van der Waals surface area contributed by atoms with Gasteiger partial charge >= 0.3 is 0 Å². The molecule has 1 unspecified atom stereocenters. The molecule has 0 aliphatic heterocycles. The summed E-state index contributed by atoms with van der Waals surface area (Å²) in [4.78, 5) is 11.5. The molecule has 1 amide bonds. The van der Waals surface area contributed by atoms with Crippen molar-refractivity contribution >= 4 is 11.6 Å². The van der Waals surface area contributed by atoms with Crippen LogP contribution in [0, 0.1) is 18.7 Å². The average Bonchev–Trinajstić information content (AvgIpc) is 2.20. The lowest BCUT2D eigenvalue weighted by molar-refractivity contribution is -0.119. The van der Waals surface area contributed by atoms with Crippen LogP contribution in [0.5, 0.6) is 0 Å². The maximum atomic E-state index is 12.8. The van der Waals surface area contributed by atoms with Crippen molar-refractivity contribution in [3.63, 3.8) is 0 Å². The van der Waals surface area contributed by atoms with Crippen molar-refractivity contribution in [3.05, 3.63) is 29.6 Å². The van der Waals surface area contributed by atoms with E-state index in [1.165, 1.54) is 12.1 Å². The number of carbonyl (C=O) groups is 1. The van der Waals surface area contributed by atoms with Crippen molar-refractivity contribution < 1.29 is 9.18 Å². The highest BCUT2D eigenvalue weighted by Gasteiger charge is 2.11. The highest BCUT2D eigenvalue weighted by atomic mass is 19.1. The van der Waals surface area contributed by atoms with Crippen molar-refractivity contribution in [2.24, 2.45) is 11.7 Å². The van der Waals surface area contributed by atoms with Crippen LogP contribution in [-0.4, -0.2) is 12.5 Å². The predicted molar refractivity (Wildman–Crippen MR) is 58.0 cm³/mol. The molecule has 0 bridgehead atoms. The molecule has 1 rings (SSSR count). The molecule has 4 heteroatoms. The van der Waals surface area contributed by atoms with Crippen LogP contribution < -0.4 is 11.1 Å². The molecule has 0 saturated carbocycles. The summed E-state index contributed by atoms with van der Waals surface area (Å²) in [6.45, 7) is 3.78. The molecule has 15 heavy (non-hydrogen) atoms. The number of hydrogen-bond donors (Lipinski definition) is 2. The number of hydrogen-bond acceptors (Lipinski definition) is 2. The molecule has 0 aliphatic carbocycles. The van der Waals surface area contributed by atoms with Crippen LogP contribution in [0.15, 0.2) is 18.2 Å². The first-order valence-electron chi connectivity index (χ1n) is 4.81. The third-order valence-electron chi connectivity index (χ3n) is 2.25. The summed E-state index contributed by atoms with van der Waals surface area (Å²) in [7, 11) is 0. The Balaban J connectivity index is 2.77. The molecule has 0 spiro atoms. The molecule has 0 aromatic heterocycles. The van der Waals surface area contributed by atoms with Crippen molar-refractivity contribution in [2.75, 3.05) is 11.9 Å². The summed E-state index contributed by atoms with van der Waals surface area (Å²) < 4.78 is 12.8. The quantitative estimate of drug-likeness (QED) is 0.797. The third-order valence-corrected chi connectivity index (χ3v) is 2.25. The molecular weight excluding hydrogens is 195 g/mol. The highest BCUT2D eigenvalue weighted by Crippen LogP contribution is 2.16. The van der Waals surface area contributed by atoms with Crippen LogP contribution in [0.25, 0.3) is 0 Å². The van der Waals surface area contributed by atoms with Crippen LogP contribution in [0.1, 0.15) is 12.5 Å². The summed E-state index contributed by atoms with van der Waals surface area (Å²) >= 11 is 0. The van der Waals surface area contributed by atoms with E-state index in [4.69, 9.17) is 5.73 Å². The molecule has 0 saturated heterocycles. The Morgan fingerprint density at radius 2 is 2.27 bits per heavy atom. The monoisotopic (exact) mass is 210 g/mol. The molecule has 0 fully saturated rings. The summed E-state index contributed by atoms with van der Waals surface area (Å²) in [5, 5.41) is 2.70. The van der Waals surface area contributed by atoms with E-state index < -0.39 is 0 Å². The smallest absolute Gasteiger partial charge is 0.228 e. The molecule has 82 valence electrons. The summed E-state index contributed by atoms with van der Waals surface area (Å²) in [6, 6.07) is 4.24. The number of nitrogens with two attached hydrogens (primary N) is 1. The maximum Gasteiger partial charge on any atom is 0.228 e. The standard InChI is InChI=1S/C11H15FN2O/c1-7-5-9(12)3-4-10(7)14-11(15)8(2)6-13/h3-5,8H,6,13H2,1-2H3,(H,14,15). The zero-order valence-electron chi connectivity index (χ0n) is 8.88. The van der Waals surface area contributed by atoms with Gasteiger partial charge in [-0.05, 0) is 30.7 Å². The van der Waals surface area contributed by atoms with Gasteiger partial charge in [0.1, 0.15) is 5.82 Å². The second kappa shape index (κ2) is 4.89. The minimum atomic E-state index is -0.308. The lowest BCUT2D eigenvalue weighted by Gasteiger charge is -2.11. The topological polar surface area (TPSA) is 55.1 Å².